The lowest BCUT2D eigenvalue weighted by atomic mass is 9.84. The van der Waals surface area contributed by atoms with E-state index in [9.17, 15) is 9.90 Å². The fourth-order valence-electron chi connectivity index (χ4n) is 4.49. The van der Waals surface area contributed by atoms with Gasteiger partial charge in [0.15, 0.2) is 0 Å². The highest BCUT2D eigenvalue weighted by molar-refractivity contribution is 6.30. The van der Waals surface area contributed by atoms with Gasteiger partial charge in [0, 0.05) is 37.8 Å². The Morgan fingerprint density at radius 1 is 1.23 bits per heavy atom. The Morgan fingerprint density at radius 3 is 2.70 bits per heavy atom. The van der Waals surface area contributed by atoms with Crippen LogP contribution in [-0.4, -0.2) is 56.6 Å². The molecule has 2 aliphatic heterocycles. The monoisotopic (exact) mass is 427 g/mol. The smallest absolute Gasteiger partial charge is 0.225 e. The van der Waals surface area contributed by atoms with E-state index in [1.54, 1.807) is 17.1 Å². The van der Waals surface area contributed by atoms with E-state index in [4.69, 9.17) is 11.6 Å². The first-order valence-corrected chi connectivity index (χ1v) is 11.0. The summed E-state index contributed by atoms with van der Waals surface area (Å²) in [5.74, 6) is 0.519. The molecular weight excluding hydrogens is 402 g/mol. The number of amides is 1. The molecule has 1 N–H and O–H groups in total. The van der Waals surface area contributed by atoms with E-state index in [2.05, 4.69) is 10.2 Å². The van der Waals surface area contributed by atoms with Crippen LogP contribution >= 0.6 is 11.6 Å². The minimum Gasteiger partial charge on any atom is -0.390 e. The van der Waals surface area contributed by atoms with Crippen LogP contribution in [0.2, 0.25) is 5.02 Å². The Kier molecular flexibility index (Phi) is 5.03. The predicted molar refractivity (Wildman–Crippen MR) is 116 cm³/mol. The largest absolute Gasteiger partial charge is 0.390 e. The minimum atomic E-state index is -0.760. The fourth-order valence-corrected chi connectivity index (χ4v) is 4.63. The van der Waals surface area contributed by atoms with Crippen molar-refractivity contribution in [3.05, 3.63) is 41.7 Å². The van der Waals surface area contributed by atoms with Gasteiger partial charge in [-0.1, -0.05) is 17.7 Å². The van der Waals surface area contributed by atoms with Crippen LogP contribution < -0.4 is 5.01 Å². The van der Waals surface area contributed by atoms with Gasteiger partial charge in [0.1, 0.15) is 0 Å². The van der Waals surface area contributed by atoms with Crippen molar-refractivity contribution in [2.24, 2.45) is 11.0 Å². The SMILES string of the molecule is O=C(C1CC1)N1CCC(O)(CC2CC=NN2c2cccc(-n3cc(Cl)cn3)c2)CC1. The zero-order chi connectivity index (χ0) is 20.7. The van der Waals surface area contributed by atoms with Crippen molar-refractivity contribution in [1.29, 1.82) is 0 Å². The van der Waals surface area contributed by atoms with Gasteiger partial charge >= 0.3 is 0 Å². The number of nitrogens with zero attached hydrogens (tertiary/aromatic N) is 5. The van der Waals surface area contributed by atoms with E-state index in [1.807, 2.05) is 40.4 Å². The molecule has 1 amide bonds. The zero-order valence-electron chi connectivity index (χ0n) is 16.8. The van der Waals surface area contributed by atoms with Crippen LogP contribution in [0.5, 0.6) is 0 Å². The number of carbonyl (C=O) groups excluding carboxylic acids is 1. The summed E-state index contributed by atoms with van der Waals surface area (Å²) in [6, 6.07) is 8.09. The summed E-state index contributed by atoms with van der Waals surface area (Å²) < 4.78 is 1.74. The van der Waals surface area contributed by atoms with Gasteiger partial charge in [-0.2, -0.15) is 10.2 Å². The molecule has 1 saturated carbocycles. The topological polar surface area (TPSA) is 74.0 Å². The van der Waals surface area contributed by atoms with E-state index >= 15 is 0 Å². The summed E-state index contributed by atoms with van der Waals surface area (Å²) in [5.41, 5.74) is 1.11. The Bertz CT molecular complexity index is 962. The molecule has 1 aromatic carbocycles. The lowest BCUT2D eigenvalue weighted by Crippen LogP contribution is -2.49. The van der Waals surface area contributed by atoms with E-state index in [1.165, 1.54) is 0 Å². The molecule has 1 atom stereocenters. The molecule has 3 heterocycles. The van der Waals surface area contributed by atoms with Crippen molar-refractivity contribution in [3.8, 4) is 5.69 Å². The Hall–Kier alpha value is -2.38. The lowest BCUT2D eigenvalue weighted by molar-refractivity contribution is -0.137. The number of halogens is 1. The maximum Gasteiger partial charge on any atom is 0.225 e. The molecule has 5 rings (SSSR count). The van der Waals surface area contributed by atoms with Crippen LogP contribution in [0.25, 0.3) is 5.69 Å². The third kappa shape index (κ3) is 3.96. The second kappa shape index (κ2) is 7.71. The molecule has 7 nitrogen and oxygen atoms in total. The number of rotatable bonds is 5. The van der Waals surface area contributed by atoms with Crippen molar-refractivity contribution in [2.45, 2.75) is 50.2 Å². The third-order valence-corrected chi connectivity index (χ3v) is 6.58. The molecule has 158 valence electrons. The summed E-state index contributed by atoms with van der Waals surface area (Å²) >= 11 is 6.01. The van der Waals surface area contributed by atoms with Crippen LogP contribution in [-0.2, 0) is 4.79 Å². The number of hydrogen-bond acceptors (Lipinski definition) is 5. The van der Waals surface area contributed by atoms with E-state index in [0.29, 0.717) is 37.4 Å². The highest BCUT2D eigenvalue weighted by atomic mass is 35.5. The number of aromatic nitrogens is 2. The third-order valence-electron chi connectivity index (χ3n) is 6.39. The Labute approximate surface area is 180 Å². The van der Waals surface area contributed by atoms with Crippen LogP contribution in [0.1, 0.15) is 38.5 Å². The molecule has 1 aromatic heterocycles. The first kappa shape index (κ1) is 19.6. The van der Waals surface area contributed by atoms with Gasteiger partial charge in [-0.05, 0) is 50.3 Å². The lowest BCUT2D eigenvalue weighted by Gasteiger charge is -2.40. The summed E-state index contributed by atoms with van der Waals surface area (Å²) in [5, 5.41) is 22.7. The molecule has 8 heteroatoms. The molecule has 0 bridgehead atoms. The van der Waals surface area contributed by atoms with Crippen molar-refractivity contribution in [3.63, 3.8) is 0 Å². The first-order valence-electron chi connectivity index (χ1n) is 10.6. The summed E-state index contributed by atoms with van der Waals surface area (Å²) in [4.78, 5) is 14.2. The maximum absolute atomic E-state index is 12.3. The maximum atomic E-state index is 12.3. The molecule has 1 aliphatic carbocycles. The van der Waals surface area contributed by atoms with Gasteiger partial charge in [-0.3, -0.25) is 9.80 Å². The van der Waals surface area contributed by atoms with Gasteiger partial charge in [0.05, 0.1) is 34.2 Å². The summed E-state index contributed by atoms with van der Waals surface area (Å²) in [6.07, 6.45) is 10.0. The molecule has 2 fully saturated rings. The van der Waals surface area contributed by atoms with Gasteiger partial charge in [-0.25, -0.2) is 4.68 Å². The number of anilines is 1. The highest BCUT2D eigenvalue weighted by Crippen LogP contribution is 2.36. The number of hydrogen-bond donors (Lipinski definition) is 1. The predicted octanol–water partition coefficient (Wildman–Crippen LogP) is 3.24. The average Bonchev–Trinajstić information content (AvgIpc) is 3.35. The molecule has 1 saturated heterocycles. The molecule has 1 unspecified atom stereocenters. The minimum absolute atomic E-state index is 0.0946. The number of likely N-dealkylation sites (tertiary alicyclic amines) is 1. The highest BCUT2D eigenvalue weighted by Gasteiger charge is 2.41. The summed E-state index contributed by atoms with van der Waals surface area (Å²) in [7, 11) is 0. The van der Waals surface area contributed by atoms with Crippen molar-refractivity contribution < 1.29 is 9.90 Å². The van der Waals surface area contributed by atoms with Crippen LogP contribution in [0.4, 0.5) is 5.69 Å². The molecular formula is C22H26ClN5O2. The fraction of sp³-hybridized carbons (Fsp3) is 0.500. The van der Waals surface area contributed by atoms with Crippen molar-refractivity contribution >= 4 is 29.4 Å². The Balaban J connectivity index is 1.26. The molecule has 3 aliphatic rings. The number of piperidine rings is 1. The molecule has 0 radical (unpaired) electrons. The van der Waals surface area contributed by atoms with Gasteiger partial charge in [-0.15, -0.1) is 0 Å². The second-order valence-electron chi connectivity index (χ2n) is 8.68. The number of aliphatic hydroxyl groups is 1. The van der Waals surface area contributed by atoms with Gasteiger partial charge in [0.25, 0.3) is 0 Å². The van der Waals surface area contributed by atoms with E-state index in [0.717, 1.165) is 30.6 Å². The van der Waals surface area contributed by atoms with Gasteiger partial charge in [0.2, 0.25) is 5.91 Å². The first-order chi connectivity index (χ1) is 14.5. The van der Waals surface area contributed by atoms with E-state index < -0.39 is 5.60 Å². The van der Waals surface area contributed by atoms with Crippen LogP contribution in [0, 0.1) is 5.92 Å². The number of carbonyl (C=O) groups is 1. The van der Waals surface area contributed by atoms with Crippen LogP contribution in [0.15, 0.2) is 41.8 Å². The number of hydrazone groups is 1. The second-order valence-corrected chi connectivity index (χ2v) is 9.12. The van der Waals surface area contributed by atoms with Gasteiger partial charge < -0.3 is 10.0 Å². The average molecular weight is 428 g/mol. The molecule has 0 spiro atoms. The Morgan fingerprint density at radius 2 is 2.00 bits per heavy atom. The van der Waals surface area contributed by atoms with Crippen LogP contribution in [0.3, 0.4) is 0 Å². The van der Waals surface area contributed by atoms with Crippen molar-refractivity contribution in [1.82, 2.24) is 14.7 Å². The van der Waals surface area contributed by atoms with E-state index in [-0.39, 0.29) is 17.9 Å². The zero-order valence-corrected chi connectivity index (χ0v) is 17.6. The molecule has 30 heavy (non-hydrogen) atoms. The summed E-state index contributed by atoms with van der Waals surface area (Å²) in [6.45, 7) is 1.30. The standard InChI is InChI=1S/C22H26ClN5O2/c23-17-14-25-27(15-17)18-2-1-3-19(12-18)28-20(6-9-24-28)13-22(30)7-10-26(11-8-22)21(29)16-4-5-16/h1-3,9,12,14-16,20,30H,4-8,10-11,13H2. The normalized spacial score (nSPS) is 23.2. The number of benzene rings is 1. The molecule has 2 aromatic rings. The quantitative estimate of drug-likeness (QED) is 0.794. The van der Waals surface area contributed by atoms with Crippen molar-refractivity contribution in [2.75, 3.05) is 18.1 Å².